The highest BCUT2D eigenvalue weighted by Gasteiger charge is 2.23. The van der Waals surface area contributed by atoms with Crippen molar-refractivity contribution in [3.63, 3.8) is 0 Å². The average Bonchev–Trinajstić information content (AvgIpc) is 2.39. The zero-order valence-corrected chi connectivity index (χ0v) is 11.1. The Morgan fingerprint density at radius 2 is 1.78 bits per heavy atom. The zero-order valence-electron chi connectivity index (χ0n) is 10.3. The van der Waals surface area contributed by atoms with E-state index in [4.69, 9.17) is 11.6 Å². The van der Waals surface area contributed by atoms with Crippen molar-refractivity contribution in [2.24, 2.45) is 5.92 Å². The number of methoxy groups -OCH3 is 2. The molecule has 0 aliphatic rings. The lowest BCUT2D eigenvalue weighted by Gasteiger charge is -2.13. The Hall–Kier alpha value is -1.55. The summed E-state index contributed by atoms with van der Waals surface area (Å²) in [5, 5.41) is 0.626. The lowest BCUT2D eigenvalue weighted by atomic mass is 9.96. The van der Waals surface area contributed by atoms with Crippen LogP contribution in [0.5, 0.6) is 0 Å². The van der Waals surface area contributed by atoms with Gasteiger partial charge in [0.1, 0.15) is 0 Å². The lowest BCUT2D eigenvalue weighted by Crippen LogP contribution is -2.22. The van der Waals surface area contributed by atoms with E-state index in [0.717, 1.165) is 5.56 Å². The third-order valence-corrected chi connectivity index (χ3v) is 2.82. The van der Waals surface area contributed by atoms with E-state index in [-0.39, 0.29) is 6.42 Å². The Kier molecular flexibility index (Phi) is 5.65. The van der Waals surface area contributed by atoms with Crippen LogP contribution in [0.2, 0.25) is 5.02 Å². The van der Waals surface area contributed by atoms with E-state index in [9.17, 15) is 9.59 Å². The van der Waals surface area contributed by atoms with Gasteiger partial charge in [0.2, 0.25) is 0 Å². The van der Waals surface area contributed by atoms with E-state index >= 15 is 0 Å². The van der Waals surface area contributed by atoms with Gasteiger partial charge in [-0.3, -0.25) is 9.59 Å². The number of hydrogen-bond donors (Lipinski definition) is 0. The fraction of sp³-hybridized carbons (Fsp3) is 0.385. The van der Waals surface area contributed by atoms with Crippen LogP contribution in [-0.4, -0.2) is 26.2 Å². The molecule has 98 valence electrons. The average molecular weight is 271 g/mol. The fourth-order valence-electron chi connectivity index (χ4n) is 1.60. The van der Waals surface area contributed by atoms with Gasteiger partial charge in [0.15, 0.2) is 0 Å². The summed E-state index contributed by atoms with van der Waals surface area (Å²) in [6, 6.07) is 7.11. The van der Waals surface area contributed by atoms with Gasteiger partial charge < -0.3 is 9.47 Å². The first-order valence-electron chi connectivity index (χ1n) is 5.46. The molecular formula is C13H15ClO4. The maximum atomic E-state index is 11.6. The summed E-state index contributed by atoms with van der Waals surface area (Å²) in [7, 11) is 2.59. The Morgan fingerprint density at radius 1 is 1.17 bits per heavy atom. The highest BCUT2D eigenvalue weighted by molar-refractivity contribution is 6.30. The first kappa shape index (κ1) is 14.5. The largest absolute Gasteiger partial charge is 0.469 e. The molecule has 0 bridgehead atoms. The molecule has 5 heteroatoms. The third kappa shape index (κ3) is 4.37. The molecule has 1 aromatic carbocycles. The molecule has 18 heavy (non-hydrogen) atoms. The van der Waals surface area contributed by atoms with Crippen LogP contribution in [0.4, 0.5) is 0 Å². The second-order valence-electron chi connectivity index (χ2n) is 3.83. The predicted octanol–water partition coefficient (Wildman–Crippen LogP) is 2.23. The van der Waals surface area contributed by atoms with Crippen molar-refractivity contribution in [1.82, 2.24) is 0 Å². The van der Waals surface area contributed by atoms with Crippen LogP contribution >= 0.6 is 11.6 Å². The summed E-state index contributed by atoms with van der Waals surface area (Å²) < 4.78 is 9.25. The van der Waals surface area contributed by atoms with Crippen molar-refractivity contribution >= 4 is 23.5 Å². The van der Waals surface area contributed by atoms with Gasteiger partial charge in [-0.25, -0.2) is 0 Å². The number of carbonyl (C=O) groups is 2. The molecule has 0 N–H and O–H groups in total. The van der Waals surface area contributed by atoms with Crippen LogP contribution in [0.1, 0.15) is 12.0 Å². The summed E-state index contributed by atoms with van der Waals surface area (Å²) >= 11 is 5.78. The molecule has 0 saturated heterocycles. The monoisotopic (exact) mass is 270 g/mol. The van der Waals surface area contributed by atoms with Crippen LogP contribution in [-0.2, 0) is 25.5 Å². The zero-order chi connectivity index (χ0) is 13.5. The molecule has 0 heterocycles. The number of hydrogen-bond acceptors (Lipinski definition) is 4. The highest BCUT2D eigenvalue weighted by Crippen LogP contribution is 2.17. The van der Waals surface area contributed by atoms with E-state index in [0.29, 0.717) is 11.4 Å². The van der Waals surface area contributed by atoms with Gasteiger partial charge in [-0.05, 0) is 24.1 Å². The summed E-state index contributed by atoms with van der Waals surface area (Å²) in [5.41, 5.74) is 0.915. The van der Waals surface area contributed by atoms with Crippen molar-refractivity contribution in [3.05, 3.63) is 34.9 Å². The molecule has 1 aromatic rings. The Morgan fingerprint density at radius 3 is 2.28 bits per heavy atom. The van der Waals surface area contributed by atoms with E-state index in [1.807, 2.05) is 12.1 Å². The molecule has 0 radical (unpaired) electrons. The van der Waals surface area contributed by atoms with Crippen molar-refractivity contribution in [1.29, 1.82) is 0 Å². The topological polar surface area (TPSA) is 52.6 Å². The molecular weight excluding hydrogens is 256 g/mol. The number of rotatable bonds is 5. The summed E-state index contributed by atoms with van der Waals surface area (Å²) in [4.78, 5) is 22.8. The van der Waals surface area contributed by atoms with Gasteiger partial charge in [0.05, 0.1) is 26.6 Å². The maximum Gasteiger partial charge on any atom is 0.309 e. The molecule has 0 amide bonds. The SMILES string of the molecule is COC(=O)CC(Cc1ccc(Cl)cc1)C(=O)OC. The lowest BCUT2D eigenvalue weighted by molar-refractivity contribution is -0.151. The van der Waals surface area contributed by atoms with Crippen LogP contribution in [0.3, 0.4) is 0 Å². The van der Waals surface area contributed by atoms with Crippen LogP contribution in [0, 0.1) is 5.92 Å². The molecule has 1 unspecified atom stereocenters. The number of benzene rings is 1. The van der Waals surface area contributed by atoms with Gasteiger partial charge in [-0.2, -0.15) is 0 Å². The predicted molar refractivity (Wildman–Crippen MR) is 67.3 cm³/mol. The Labute approximate surface area is 111 Å². The second kappa shape index (κ2) is 7.01. The quantitative estimate of drug-likeness (QED) is 0.770. The molecule has 0 spiro atoms. The third-order valence-electron chi connectivity index (χ3n) is 2.57. The van der Waals surface area contributed by atoms with Crippen LogP contribution in [0.25, 0.3) is 0 Å². The molecule has 0 aliphatic carbocycles. The first-order valence-corrected chi connectivity index (χ1v) is 5.83. The number of halogens is 1. The second-order valence-corrected chi connectivity index (χ2v) is 4.27. The normalized spacial score (nSPS) is 11.7. The minimum absolute atomic E-state index is 0.00575. The minimum Gasteiger partial charge on any atom is -0.469 e. The molecule has 0 saturated carbocycles. The molecule has 4 nitrogen and oxygen atoms in total. The van der Waals surface area contributed by atoms with Gasteiger partial charge in [0, 0.05) is 5.02 Å². The molecule has 1 rings (SSSR count). The van der Waals surface area contributed by atoms with Crippen LogP contribution < -0.4 is 0 Å². The van der Waals surface area contributed by atoms with E-state index in [1.54, 1.807) is 12.1 Å². The fourth-order valence-corrected chi connectivity index (χ4v) is 1.72. The van der Waals surface area contributed by atoms with Crippen molar-refractivity contribution in [2.45, 2.75) is 12.8 Å². The van der Waals surface area contributed by atoms with Gasteiger partial charge in [0.25, 0.3) is 0 Å². The van der Waals surface area contributed by atoms with Crippen LogP contribution in [0.15, 0.2) is 24.3 Å². The standard InChI is InChI=1S/C13H15ClO4/c1-17-12(15)8-10(13(16)18-2)7-9-3-5-11(14)6-4-9/h3-6,10H,7-8H2,1-2H3. The van der Waals surface area contributed by atoms with Crippen molar-refractivity contribution in [3.8, 4) is 0 Å². The molecule has 1 atom stereocenters. The maximum absolute atomic E-state index is 11.6. The Bertz CT molecular complexity index is 414. The number of esters is 2. The first-order chi connectivity index (χ1) is 8.56. The highest BCUT2D eigenvalue weighted by atomic mass is 35.5. The summed E-state index contributed by atoms with van der Waals surface area (Å²) in [5.74, 6) is -1.39. The van der Waals surface area contributed by atoms with Crippen molar-refractivity contribution in [2.75, 3.05) is 14.2 Å². The summed E-state index contributed by atoms with van der Waals surface area (Å²) in [6.45, 7) is 0. The van der Waals surface area contributed by atoms with E-state index in [1.165, 1.54) is 14.2 Å². The number of carbonyl (C=O) groups excluding carboxylic acids is 2. The molecule has 0 fully saturated rings. The number of ether oxygens (including phenoxy) is 2. The van der Waals surface area contributed by atoms with Gasteiger partial charge in [-0.1, -0.05) is 23.7 Å². The van der Waals surface area contributed by atoms with E-state index < -0.39 is 17.9 Å². The van der Waals surface area contributed by atoms with Gasteiger partial charge in [-0.15, -0.1) is 0 Å². The Balaban J connectivity index is 2.74. The summed E-state index contributed by atoms with van der Waals surface area (Å²) in [6.07, 6.45) is 0.421. The molecule has 0 aliphatic heterocycles. The van der Waals surface area contributed by atoms with E-state index in [2.05, 4.69) is 9.47 Å². The van der Waals surface area contributed by atoms with Gasteiger partial charge >= 0.3 is 11.9 Å². The van der Waals surface area contributed by atoms with Crippen molar-refractivity contribution < 1.29 is 19.1 Å². The smallest absolute Gasteiger partial charge is 0.309 e. The molecule has 0 aromatic heterocycles. The minimum atomic E-state index is -0.538.